The predicted molar refractivity (Wildman–Crippen MR) is 75.9 cm³/mol. The summed E-state index contributed by atoms with van der Waals surface area (Å²) in [5, 5.41) is 2.95. The second-order valence-corrected chi connectivity index (χ2v) is 5.23. The van der Waals surface area contributed by atoms with Crippen LogP contribution in [0.5, 0.6) is 5.75 Å². The van der Waals surface area contributed by atoms with Gasteiger partial charge in [-0.25, -0.2) is 4.39 Å². The number of benzene rings is 1. The summed E-state index contributed by atoms with van der Waals surface area (Å²) in [6.07, 6.45) is 6.81. The Morgan fingerprint density at radius 3 is 2.65 bits per heavy atom. The van der Waals surface area contributed by atoms with Crippen LogP contribution in [-0.2, 0) is 4.79 Å². The number of hydrogen-bond acceptors (Lipinski definition) is 3. The van der Waals surface area contributed by atoms with E-state index in [1.165, 1.54) is 25.0 Å². The highest BCUT2D eigenvalue weighted by atomic mass is 19.1. The lowest BCUT2D eigenvalue weighted by Crippen LogP contribution is -2.37. The summed E-state index contributed by atoms with van der Waals surface area (Å²) >= 11 is 0. The first kappa shape index (κ1) is 14.6. The Bertz CT molecular complexity index is 457. The van der Waals surface area contributed by atoms with E-state index in [0.717, 1.165) is 25.7 Å². The summed E-state index contributed by atoms with van der Waals surface area (Å²) in [7, 11) is 0. The van der Waals surface area contributed by atoms with Gasteiger partial charge in [0.05, 0.1) is 0 Å². The van der Waals surface area contributed by atoms with Gasteiger partial charge in [-0.3, -0.25) is 4.79 Å². The highest BCUT2D eigenvalue weighted by Gasteiger charge is 2.15. The zero-order valence-corrected chi connectivity index (χ0v) is 11.5. The molecular formula is C15H21FN2O2. The number of hydrogen-bond donors (Lipinski definition) is 2. The molecule has 0 atom stereocenters. The molecule has 0 radical (unpaired) electrons. The number of nitrogens with two attached hydrogens (primary N) is 1. The van der Waals surface area contributed by atoms with Crippen LogP contribution in [0.25, 0.3) is 0 Å². The third-order valence-electron chi connectivity index (χ3n) is 3.53. The maximum atomic E-state index is 13.5. The van der Waals surface area contributed by atoms with Gasteiger partial charge in [0.1, 0.15) is 0 Å². The molecule has 0 aliphatic heterocycles. The number of nitrogens with one attached hydrogen (secondary N) is 1. The van der Waals surface area contributed by atoms with E-state index in [-0.39, 0.29) is 24.3 Å². The fraction of sp³-hybridized carbons (Fsp3) is 0.533. The molecule has 0 saturated heterocycles. The Kier molecular flexibility index (Phi) is 5.21. The molecule has 3 N–H and O–H groups in total. The van der Waals surface area contributed by atoms with Crippen molar-refractivity contribution in [3.8, 4) is 5.75 Å². The average molecular weight is 280 g/mol. The standard InChI is InChI=1S/C15H21FN2O2/c16-13-9-11(17)7-8-14(13)20-10-15(19)18-12-5-3-1-2-4-6-12/h7-9,12H,1-6,10,17H2,(H,18,19). The van der Waals surface area contributed by atoms with Gasteiger partial charge in [-0.15, -0.1) is 0 Å². The van der Waals surface area contributed by atoms with Crippen molar-refractivity contribution in [3.05, 3.63) is 24.0 Å². The first-order valence-electron chi connectivity index (χ1n) is 7.12. The molecule has 20 heavy (non-hydrogen) atoms. The highest BCUT2D eigenvalue weighted by Crippen LogP contribution is 2.19. The minimum absolute atomic E-state index is 0.0511. The van der Waals surface area contributed by atoms with Crippen LogP contribution in [0.1, 0.15) is 38.5 Å². The number of anilines is 1. The number of rotatable bonds is 4. The Morgan fingerprint density at radius 1 is 1.30 bits per heavy atom. The van der Waals surface area contributed by atoms with E-state index in [0.29, 0.717) is 5.69 Å². The summed E-state index contributed by atoms with van der Waals surface area (Å²) in [6, 6.07) is 4.38. The molecule has 1 saturated carbocycles. The van der Waals surface area contributed by atoms with Gasteiger partial charge in [0.2, 0.25) is 0 Å². The summed E-state index contributed by atoms with van der Waals surface area (Å²) in [6.45, 7) is -0.169. The lowest BCUT2D eigenvalue weighted by atomic mass is 10.1. The molecule has 110 valence electrons. The monoisotopic (exact) mass is 280 g/mol. The smallest absolute Gasteiger partial charge is 0.258 e. The van der Waals surface area contributed by atoms with E-state index >= 15 is 0 Å². The number of halogens is 1. The zero-order chi connectivity index (χ0) is 14.4. The first-order chi connectivity index (χ1) is 9.65. The maximum Gasteiger partial charge on any atom is 0.258 e. The topological polar surface area (TPSA) is 64.3 Å². The normalized spacial score (nSPS) is 16.4. The van der Waals surface area contributed by atoms with Crippen LogP contribution in [0.15, 0.2) is 18.2 Å². The molecule has 2 rings (SSSR count). The number of ether oxygens (including phenoxy) is 1. The number of amides is 1. The van der Waals surface area contributed by atoms with Gasteiger partial charge in [0.25, 0.3) is 5.91 Å². The summed E-state index contributed by atoms with van der Waals surface area (Å²) in [5.41, 5.74) is 5.78. The molecule has 1 aromatic carbocycles. The number of nitrogen functional groups attached to an aromatic ring is 1. The fourth-order valence-corrected chi connectivity index (χ4v) is 2.47. The van der Waals surface area contributed by atoms with Crippen molar-refractivity contribution in [2.45, 2.75) is 44.6 Å². The van der Waals surface area contributed by atoms with Gasteiger partial charge < -0.3 is 15.8 Å². The predicted octanol–water partition coefficient (Wildman–Crippen LogP) is 2.63. The number of carbonyl (C=O) groups is 1. The average Bonchev–Trinajstić information content (AvgIpc) is 2.66. The van der Waals surface area contributed by atoms with Crippen LogP contribution >= 0.6 is 0 Å². The van der Waals surface area contributed by atoms with Crippen molar-refractivity contribution in [2.24, 2.45) is 0 Å². The van der Waals surface area contributed by atoms with Crippen molar-refractivity contribution >= 4 is 11.6 Å². The zero-order valence-electron chi connectivity index (χ0n) is 11.5. The van der Waals surface area contributed by atoms with E-state index in [1.54, 1.807) is 6.07 Å². The van der Waals surface area contributed by atoms with Gasteiger partial charge in [0.15, 0.2) is 18.2 Å². The first-order valence-corrected chi connectivity index (χ1v) is 7.12. The summed E-state index contributed by atoms with van der Waals surface area (Å²) in [4.78, 5) is 11.8. The molecule has 1 aliphatic carbocycles. The third kappa shape index (κ3) is 4.40. The second kappa shape index (κ2) is 7.12. The molecule has 5 heteroatoms. The molecule has 1 amide bonds. The van der Waals surface area contributed by atoms with E-state index in [2.05, 4.69) is 5.32 Å². The lowest BCUT2D eigenvalue weighted by Gasteiger charge is -2.16. The molecular weight excluding hydrogens is 259 g/mol. The van der Waals surface area contributed by atoms with Gasteiger partial charge in [-0.1, -0.05) is 25.7 Å². The molecule has 0 bridgehead atoms. The van der Waals surface area contributed by atoms with Crippen LogP contribution in [0.2, 0.25) is 0 Å². The Morgan fingerprint density at radius 2 is 2.00 bits per heavy atom. The lowest BCUT2D eigenvalue weighted by molar-refractivity contribution is -0.123. The highest BCUT2D eigenvalue weighted by molar-refractivity contribution is 5.77. The number of carbonyl (C=O) groups excluding carboxylic acids is 1. The molecule has 1 fully saturated rings. The molecule has 0 heterocycles. The maximum absolute atomic E-state index is 13.5. The van der Waals surface area contributed by atoms with Gasteiger partial charge >= 0.3 is 0 Å². The molecule has 0 spiro atoms. The summed E-state index contributed by atoms with van der Waals surface area (Å²) < 4.78 is 18.7. The van der Waals surface area contributed by atoms with Gasteiger partial charge in [0, 0.05) is 17.8 Å². The quantitative estimate of drug-likeness (QED) is 0.658. The van der Waals surface area contributed by atoms with Crippen molar-refractivity contribution in [1.29, 1.82) is 0 Å². The van der Waals surface area contributed by atoms with Crippen molar-refractivity contribution in [1.82, 2.24) is 5.32 Å². The molecule has 1 aliphatic rings. The Hall–Kier alpha value is -1.78. The molecule has 0 unspecified atom stereocenters. The summed E-state index contributed by atoms with van der Waals surface area (Å²) in [5.74, 6) is -0.699. The Balaban J connectivity index is 1.79. The minimum Gasteiger partial charge on any atom is -0.481 e. The van der Waals surface area contributed by atoms with Gasteiger partial charge in [-0.05, 0) is 25.0 Å². The van der Waals surface area contributed by atoms with Crippen molar-refractivity contribution in [3.63, 3.8) is 0 Å². The van der Waals surface area contributed by atoms with Crippen LogP contribution in [-0.4, -0.2) is 18.6 Å². The minimum atomic E-state index is -0.549. The van der Waals surface area contributed by atoms with E-state index in [4.69, 9.17) is 10.5 Å². The SMILES string of the molecule is Nc1ccc(OCC(=O)NC2CCCCCC2)c(F)c1. The van der Waals surface area contributed by atoms with Crippen LogP contribution in [0.4, 0.5) is 10.1 Å². The van der Waals surface area contributed by atoms with Crippen LogP contribution in [0.3, 0.4) is 0 Å². The molecule has 0 aromatic heterocycles. The van der Waals surface area contributed by atoms with Crippen LogP contribution in [0, 0.1) is 5.82 Å². The molecule has 4 nitrogen and oxygen atoms in total. The van der Waals surface area contributed by atoms with Gasteiger partial charge in [-0.2, -0.15) is 0 Å². The fourth-order valence-electron chi connectivity index (χ4n) is 2.47. The largest absolute Gasteiger partial charge is 0.481 e. The molecule has 1 aromatic rings. The third-order valence-corrected chi connectivity index (χ3v) is 3.53. The van der Waals surface area contributed by atoms with Crippen molar-refractivity contribution < 1.29 is 13.9 Å². The Labute approximate surface area is 118 Å². The van der Waals surface area contributed by atoms with Crippen LogP contribution < -0.4 is 15.8 Å². The second-order valence-electron chi connectivity index (χ2n) is 5.23. The van der Waals surface area contributed by atoms with Crippen molar-refractivity contribution in [2.75, 3.05) is 12.3 Å². The van der Waals surface area contributed by atoms with E-state index in [1.807, 2.05) is 0 Å². The van der Waals surface area contributed by atoms with E-state index < -0.39 is 5.82 Å². The van der Waals surface area contributed by atoms with E-state index in [9.17, 15) is 9.18 Å².